The van der Waals surface area contributed by atoms with E-state index in [0.717, 1.165) is 4.90 Å². The van der Waals surface area contributed by atoms with E-state index in [1.165, 1.54) is 4.90 Å². The van der Waals surface area contributed by atoms with Gasteiger partial charge in [0, 0.05) is 5.69 Å². The summed E-state index contributed by atoms with van der Waals surface area (Å²) < 4.78 is 34.9. The number of nitrogens with one attached hydrogen (secondary N) is 1. The number of anilines is 1. The first-order valence-corrected chi connectivity index (χ1v) is 12.6. The normalized spacial score (nSPS) is 24.9. The standard InChI is InChI=1S/C23H23N3O7S/c1-23(15-7-8-18-19(11-15)33-14-32-18)21(28)25(22(29)24-23)12-20(27)26(16-5-3-2-4-6-16)17-9-10-34(30,31)13-17/h2-8,11,17H,9-10,12-14H2,1H3,(H,24,29). The number of imide groups is 1. The molecular formula is C23H23N3O7S. The third-order valence-corrected chi connectivity index (χ3v) is 8.15. The number of fused-ring (bicyclic) bond motifs is 1. The van der Waals surface area contributed by atoms with E-state index >= 15 is 0 Å². The number of hydrogen-bond acceptors (Lipinski definition) is 7. The Labute approximate surface area is 196 Å². The Bertz CT molecular complexity index is 1280. The second-order valence-corrected chi connectivity index (χ2v) is 10.9. The Morgan fingerprint density at radius 1 is 1.15 bits per heavy atom. The van der Waals surface area contributed by atoms with E-state index in [-0.39, 0.29) is 24.7 Å². The highest BCUT2D eigenvalue weighted by molar-refractivity contribution is 7.91. The Kier molecular flexibility index (Phi) is 5.23. The van der Waals surface area contributed by atoms with E-state index < -0.39 is 45.8 Å². The Morgan fingerprint density at radius 2 is 1.88 bits per heavy atom. The van der Waals surface area contributed by atoms with E-state index in [1.807, 2.05) is 0 Å². The van der Waals surface area contributed by atoms with Crippen LogP contribution >= 0.6 is 0 Å². The van der Waals surface area contributed by atoms with E-state index in [9.17, 15) is 22.8 Å². The second-order valence-electron chi connectivity index (χ2n) is 8.67. The van der Waals surface area contributed by atoms with E-state index in [2.05, 4.69) is 5.32 Å². The summed E-state index contributed by atoms with van der Waals surface area (Å²) in [7, 11) is -3.27. The van der Waals surface area contributed by atoms with E-state index in [4.69, 9.17) is 9.47 Å². The number of nitrogens with zero attached hydrogens (tertiary/aromatic N) is 2. The van der Waals surface area contributed by atoms with Gasteiger partial charge in [0.1, 0.15) is 12.1 Å². The Morgan fingerprint density at radius 3 is 2.59 bits per heavy atom. The summed E-state index contributed by atoms with van der Waals surface area (Å²) in [4.78, 5) is 41.8. The first kappa shape index (κ1) is 22.2. The molecule has 0 aromatic heterocycles. The molecule has 2 saturated heterocycles. The van der Waals surface area contributed by atoms with Crippen molar-refractivity contribution in [3.63, 3.8) is 0 Å². The van der Waals surface area contributed by atoms with Crippen molar-refractivity contribution in [1.29, 1.82) is 0 Å². The third kappa shape index (κ3) is 3.75. The van der Waals surface area contributed by atoms with Gasteiger partial charge in [0.05, 0.1) is 17.5 Å². The van der Waals surface area contributed by atoms with Crippen molar-refractivity contribution in [3.05, 3.63) is 54.1 Å². The first-order chi connectivity index (χ1) is 16.2. The molecule has 0 radical (unpaired) electrons. The highest BCUT2D eigenvalue weighted by Gasteiger charge is 2.50. The average Bonchev–Trinajstić information content (AvgIpc) is 3.47. The summed E-state index contributed by atoms with van der Waals surface area (Å²) in [5, 5.41) is 2.68. The van der Waals surface area contributed by atoms with Gasteiger partial charge < -0.3 is 19.7 Å². The molecule has 3 heterocycles. The zero-order valence-electron chi connectivity index (χ0n) is 18.4. The minimum atomic E-state index is -3.27. The molecule has 34 heavy (non-hydrogen) atoms. The summed E-state index contributed by atoms with van der Waals surface area (Å²) in [6, 6.07) is 12.3. The van der Waals surface area contributed by atoms with Crippen LogP contribution in [0.5, 0.6) is 11.5 Å². The van der Waals surface area contributed by atoms with Gasteiger partial charge in [-0.1, -0.05) is 24.3 Å². The van der Waals surface area contributed by atoms with Crippen LogP contribution in [0.15, 0.2) is 48.5 Å². The molecule has 2 fully saturated rings. The molecule has 0 bridgehead atoms. The molecule has 11 heteroatoms. The van der Waals surface area contributed by atoms with Gasteiger partial charge in [-0.25, -0.2) is 13.2 Å². The molecule has 3 aliphatic rings. The summed E-state index contributed by atoms with van der Waals surface area (Å²) in [6.45, 7) is 1.12. The lowest BCUT2D eigenvalue weighted by molar-refractivity contribution is -0.134. The minimum Gasteiger partial charge on any atom is -0.454 e. The first-order valence-electron chi connectivity index (χ1n) is 10.8. The van der Waals surface area contributed by atoms with E-state index in [1.54, 1.807) is 55.5 Å². The third-order valence-electron chi connectivity index (χ3n) is 6.39. The van der Waals surface area contributed by atoms with Crippen LogP contribution in [0.4, 0.5) is 10.5 Å². The van der Waals surface area contributed by atoms with Gasteiger partial charge in [-0.2, -0.15) is 0 Å². The van der Waals surface area contributed by atoms with Gasteiger partial charge in [0.2, 0.25) is 12.7 Å². The van der Waals surface area contributed by atoms with Crippen LogP contribution in [-0.4, -0.2) is 62.0 Å². The van der Waals surface area contributed by atoms with Gasteiger partial charge in [0.15, 0.2) is 21.3 Å². The van der Waals surface area contributed by atoms with Crippen molar-refractivity contribution in [3.8, 4) is 11.5 Å². The number of rotatable bonds is 5. The van der Waals surface area contributed by atoms with Crippen molar-refractivity contribution in [1.82, 2.24) is 10.2 Å². The maximum absolute atomic E-state index is 13.4. The number of carbonyl (C=O) groups excluding carboxylic acids is 3. The molecule has 2 aromatic carbocycles. The molecule has 5 rings (SSSR count). The van der Waals surface area contributed by atoms with Crippen LogP contribution in [0.2, 0.25) is 0 Å². The minimum absolute atomic E-state index is 0.0143. The SMILES string of the molecule is CC1(c2ccc3c(c2)OCO3)NC(=O)N(CC(=O)N(c2ccccc2)C2CCS(=O)(=O)C2)C1=O. The number of urea groups is 1. The molecule has 10 nitrogen and oxygen atoms in total. The number of para-hydroxylation sites is 1. The molecule has 0 aliphatic carbocycles. The van der Waals surface area contributed by atoms with Crippen LogP contribution in [0.25, 0.3) is 0 Å². The lowest BCUT2D eigenvalue weighted by atomic mass is 9.91. The molecule has 4 amide bonds. The number of sulfone groups is 1. The quantitative estimate of drug-likeness (QED) is 0.635. The van der Waals surface area contributed by atoms with Crippen LogP contribution in [0.1, 0.15) is 18.9 Å². The van der Waals surface area contributed by atoms with Crippen molar-refractivity contribution < 1.29 is 32.3 Å². The topological polar surface area (TPSA) is 122 Å². The molecule has 2 unspecified atom stereocenters. The lowest BCUT2D eigenvalue weighted by Crippen LogP contribution is -2.48. The Balaban J connectivity index is 1.41. The predicted molar refractivity (Wildman–Crippen MR) is 121 cm³/mol. The van der Waals surface area contributed by atoms with Crippen molar-refractivity contribution in [2.24, 2.45) is 0 Å². The Hall–Kier alpha value is -3.60. The van der Waals surface area contributed by atoms with Gasteiger partial charge in [-0.05, 0) is 43.2 Å². The molecule has 2 aromatic rings. The number of benzene rings is 2. The molecular weight excluding hydrogens is 462 g/mol. The van der Waals surface area contributed by atoms with Gasteiger partial charge in [-0.3, -0.25) is 14.5 Å². The lowest BCUT2D eigenvalue weighted by Gasteiger charge is -2.30. The van der Waals surface area contributed by atoms with Gasteiger partial charge >= 0.3 is 6.03 Å². The van der Waals surface area contributed by atoms with Crippen molar-refractivity contribution in [2.75, 3.05) is 29.7 Å². The number of amides is 4. The fraction of sp³-hybridized carbons (Fsp3) is 0.348. The molecule has 0 spiro atoms. The van der Waals surface area contributed by atoms with Crippen LogP contribution in [0.3, 0.4) is 0 Å². The molecule has 0 saturated carbocycles. The molecule has 178 valence electrons. The maximum Gasteiger partial charge on any atom is 0.325 e. The molecule has 2 atom stereocenters. The van der Waals surface area contributed by atoms with Crippen LogP contribution in [-0.2, 0) is 25.0 Å². The predicted octanol–water partition coefficient (Wildman–Crippen LogP) is 1.40. The smallest absolute Gasteiger partial charge is 0.325 e. The summed E-state index contributed by atoms with van der Waals surface area (Å²) >= 11 is 0. The van der Waals surface area contributed by atoms with E-state index in [0.29, 0.717) is 22.7 Å². The number of ether oxygens (including phenoxy) is 2. The summed E-state index contributed by atoms with van der Waals surface area (Å²) in [5.74, 6) is -0.292. The molecule has 3 aliphatic heterocycles. The largest absolute Gasteiger partial charge is 0.454 e. The van der Waals surface area contributed by atoms with Crippen molar-refractivity contribution in [2.45, 2.75) is 24.9 Å². The van der Waals surface area contributed by atoms with Crippen LogP contribution < -0.4 is 19.7 Å². The zero-order valence-corrected chi connectivity index (χ0v) is 19.2. The number of carbonyl (C=O) groups is 3. The molecule has 1 N–H and O–H groups in total. The highest BCUT2D eigenvalue weighted by atomic mass is 32.2. The fourth-order valence-electron chi connectivity index (χ4n) is 4.58. The monoisotopic (exact) mass is 485 g/mol. The van der Waals surface area contributed by atoms with Gasteiger partial charge in [-0.15, -0.1) is 0 Å². The van der Waals surface area contributed by atoms with Crippen LogP contribution in [0, 0.1) is 0 Å². The number of hydrogen-bond donors (Lipinski definition) is 1. The average molecular weight is 486 g/mol. The van der Waals surface area contributed by atoms with Gasteiger partial charge in [0.25, 0.3) is 5.91 Å². The second kappa shape index (κ2) is 8.01. The van der Waals surface area contributed by atoms with Crippen molar-refractivity contribution >= 4 is 33.4 Å². The maximum atomic E-state index is 13.4. The summed E-state index contributed by atoms with van der Waals surface area (Å²) in [5.41, 5.74) is -0.390. The summed E-state index contributed by atoms with van der Waals surface area (Å²) in [6.07, 6.45) is 0.290. The highest BCUT2D eigenvalue weighted by Crippen LogP contribution is 2.38. The zero-order chi connectivity index (χ0) is 24.1. The fourth-order valence-corrected chi connectivity index (χ4v) is 6.28.